The SMILES string of the molecule is C=C(N)c1nonc1/N=C(/C)CCc1cccc(-c2cn(C)nc2C(F)(F)F)n1. The topological polar surface area (TPSA) is 108 Å². The fourth-order valence-corrected chi connectivity index (χ4v) is 2.66. The maximum Gasteiger partial charge on any atom is 0.435 e. The average Bonchev–Trinajstić information content (AvgIpc) is 3.26. The highest BCUT2D eigenvalue weighted by Gasteiger charge is 2.37. The molecule has 0 aliphatic carbocycles. The van der Waals surface area contributed by atoms with Gasteiger partial charge in [0.15, 0.2) is 11.4 Å². The third kappa shape index (κ3) is 4.68. The van der Waals surface area contributed by atoms with Crippen LogP contribution in [0.5, 0.6) is 0 Å². The second-order valence-corrected chi connectivity index (χ2v) is 6.39. The van der Waals surface area contributed by atoms with Crippen molar-refractivity contribution in [3.05, 3.63) is 48.1 Å². The van der Waals surface area contributed by atoms with Crippen molar-refractivity contribution >= 4 is 17.2 Å². The second-order valence-electron chi connectivity index (χ2n) is 6.39. The number of alkyl halides is 3. The first-order chi connectivity index (χ1) is 13.6. The maximum atomic E-state index is 13.2. The van der Waals surface area contributed by atoms with Crippen molar-refractivity contribution in [2.24, 2.45) is 17.8 Å². The molecule has 3 aromatic heterocycles. The van der Waals surface area contributed by atoms with E-state index in [1.54, 1.807) is 19.1 Å². The largest absolute Gasteiger partial charge is 0.435 e. The van der Waals surface area contributed by atoms with Gasteiger partial charge in [-0.05, 0) is 42.2 Å². The number of hydrogen-bond donors (Lipinski definition) is 1. The van der Waals surface area contributed by atoms with E-state index < -0.39 is 11.9 Å². The molecule has 0 saturated carbocycles. The lowest BCUT2D eigenvalue weighted by Gasteiger charge is -2.07. The highest BCUT2D eigenvalue weighted by molar-refractivity contribution is 5.85. The summed E-state index contributed by atoms with van der Waals surface area (Å²) < 4.78 is 45.4. The van der Waals surface area contributed by atoms with Crippen molar-refractivity contribution in [1.82, 2.24) is 25.1 Å². The third-order valence-corrected chi connectivity index (χ3v) is 4.00. The number of halogens is 3. The lowest BCUT2D eigenvalue weighted by atomic mass is 10.1. The molecule has 2 N–H and O–H groups in total. The number of aromatic nitrogens is 5. The summed E-state index contributed by atoms with van der Waals surface area (Å²) in [6, 6.07) is 4.93. The molecule has 0 aliphatic heterocycles. The van der Waals surface area contributed by atoms with Gasteiger partial charge >= 0.3 is 6.18 Å². The van der Waals surface area contributed by atoms with E-state index in [2.05, 4.69) is 36.6 Å². The highest BCUT2D eigenvalue weighted by Crippen LogP contribution is 2.35. The lowest BCUT2D eigenvalue weighted by Crippen LogP contribution is -2.08. The normalized spacial score (nSPS) is 12.4. The zero-order valence-electron chi connectivity index (χ0n) is 15.7. The van der Waals surface area contributed by atoms with E-state index in [0.29, 0.717) is 24.2 Å². The van der Waals surface area contributed by atoms with Crippen molar-refractivity contribution in [3.8, 4) is 11.3 Å². The van der Waals surface area contributed by atoms with Crippen LogP contribution in [0.25, 0.3) is 17.0 Å². The molecule has 0 radical (unpaired) electrons. The summed E-state index contributed by atoms with van der Waals surface area (Å²) in [5.41, 5.74) is 6.55. The van der Waals surface area contributed by atoms with Crippen molar-refractivity contribution in [2.45, 2.75) is 25.9 Å². The summed E-state index contributed by atoms with van der Waals surface area (Å²) in [5.74, 6) is 0.224. The molecule has 29 heavy (non-hydrogen) atoms. The summed E-state index contributed by atoms with van der Waals surface area (Å²) in [5, 5.41) is 10.8. The van der Waals surface area contributed by atoms with Crippen LogP contribution in [-0.4, -0.2) is 30.8 Å². The first kappa shape index (κ1) is 20.2. The molecule has 152 valence electrons. The van der Waals surface area contributed by atoms with Crippen LogP contribution in [0.15, 0.2) is 40.6 Å². The Kier molecular flexibility index (Phi) is 5.48. The number of hydrogen-bond acceptors (Lipinski definition) is 7. The Balaban J connectivity index is 1.78. The Hall–Kier alpha value is -3.50. The second kappa shape index (κ2) is 7.86. The molecule has 0 aromatic carbocycles. The number of nitrogens with two attached hydrogens (primary N) is 1. The molecule has 0 amide bonds. The number of pyridine rings is 1. The van der Waals surface area contributed by atoms with E-state index in [0.717, 1.165) is 4.68 Å². The zero-order chi connectivity index (χ0) is 21.2. The first-order valence-corrected chi connectivity index (χ1v) is 8.53. The number of aliphatic imine (C=N–C) groups is 1. The predicted molar refractivity (Wildman–Crippen MR) is 100 cm³/mol. The van der Waals surface area contributed by atoms with Crippen molar-refractivity contribution < 1.29 is 17.8 Å². The van der Waals surface area contributed by atoms with Crippen LogP contribution in [0.4, 0.5) is 19.0 Å². The Labute approximate surface area is 163 Å². The summed E-state index contributed by atoms with van der Waals surface area (Å²) in [4.78, 5) is 8.66. The van der Waals surface area contributed by atoms with Gasteiger partial charge in [0.25, 0.3) is 0 Å². The predicted octanol–water partition coefficient (Wildman–Crippen LogP) is 3.54. The van der Waals surface area contributed by atoms with Crippen molar-refractivity contribution in [2.75, 3.05) is 0 Å². The van der Waals surface area contributed by atoms with Gasteiger partial charge in [0.05, 0.1) is 17.0 Å². The first-order valence-electron chi connectivity index (χ1n) is 8.53. The average molecular weight is 405 g/mol. The minimum Gasteiger partial charge on any atom is -0.397 e. The van der Waals surface area contributed by atoms with Gasteiger partial charge < -0.3 is 5.73 Å². The molecule has 3 aromatic rings. The molecule has 0 bridgehead atoms. The maximum absolute atomic E-state index is 13.2. The number of nitrogens with zero attached hydrogens (tertiary/aromatic N) is 6. The number of rotatable bonds is 6. The van der Waals surface area contributed by atoms with Gasteiger partial charge in [-0.25, -0.2) is 9.62 Å². The lowest BCUT2D eigenvalue weighted by molar-refractivity contribution is -0.141. The Bertz CT molecular complexity index is 1070. The standard InChI is InChI=1S/C18H18F3N7O/c1-10(23-17-15(11(2)22)26-29-27-17)7-8-12-5-4-6-14(24-12)13-9-28(3)25-16(13)18(19,20)21/h4-6,9H,2,7-8,22H2,1,3H3/b23-10-. The summed E-state index contributed by atoms with van der Waals surface area (Å²) in [6.07, 6.45) is -2.29. The molecule has 8 nitrogen and oxygen atoms in total. The molecule has 3 rings (SSSR count). The van der Waals surface area contributed by atoms with Crippen LogP contribution in [-0.2, 0) is 19.6 Å². The molecule has 0 fully saturated rings. The van der Waals surface area contributed by atoms with Gasteiger partial charge in [0.2, 0.25) is 5.82 Å². The summed E-state index contributed by atoms with van der Waals surface area (Å²) in [6.45, 7) is 5.35. The molecule has 0 unspecified atom stereocenters. The molecule has 0 spiro atoms. The Morgan fingerprint density at radius 3 is 2.76 bits per heavy atom. The van der Waals surface area contributed by atoms with Crippen LogP contribution in [0, 0.1) is 0 Å². The van der Waals surface area contributed by atoms with E-state index in [9.17, 15) is 13.2 Å². The van der Waals surface area contributed by atoms with Gasteiger partial charge in [-0.1, -0.05) is 12.6 Å². The number of aryl methyl sites for hydroxylation is 2. The Morgan fingerprint density at radius 2 is 2.07 bits per heavy atom. The molecule has 3 heterocycles. The fourth-order valence-electron chi connectivity index (χ4n) is 2.66. The third-order valence-electron chi connectivity index (χ3n) is 4.00. The van der Waals surface area contributed by atoms with Crippen LogP contribution in [0.2, 0.25) is 0 Å². The van der Waals surface area contributed by atoms with E-state index >= 15 is 0 Å². The van der Waals surface area contributed by atoms with Crippen LogP contribution < -0.4 is 5.73 Å². The molecule has 0 aliphatic rings. The van der Waals surface area contributed by atoms with E-state index in [4.69, 9.17) is 5.73 Å². The van der Waals surface area contributed by atoms with Gasteiger partial charge in [0.1, 0.15) is 0 Å². The Morgan fingerprint density at radius 1 is 1.31 bits per heavy atom. The van der Waals surface area contributed by atoms with Crippen LogP contribution in [0.1, 0.15) is 30.4 Å². The molecular weight excluding hydrogens is 387 g/mol. The van der Waals surface area contributed by atoms with E-state index in [1.807, 2.05) is 0 Å². The zero-order valence-corrected chi connectivity index (χ0v) is 15.7. The van der Waals surface area contributed by atoms with Gasteiger partial charge in [0, 0.05) is 24.7 Å². The van der Waals surface area contributed by atoms with Gasteiger partial charge in [-0.2, -0.15) is 18.3 Å². The molecular formula is C18H18F3N7O. The van der Waals surface area contributed by atoms with E-state index in [1.165, 1.54) is 19.3 Å². The molecule has 0 saturated heterocycles. The van der Waals surface area contributed by atoms with Gasteiger partial charge in [-0.3, -0.25) is 9.67 Å². The molecule has 11 heteroatoms. The van der Waals surface area contributed by atoms with E-state index in [-0.39, 0.29) is 28.5 Å². The van der Waals surface area contributed by atoms with Gasteiger partial charge in [-0.15, -0.1) is 0 Å². The highest BCUT2D eigenvalue weighted by atomic mass is 19.4. The minimum atomic E-state index is -4.56. The molecule has 0 atom stereocenters. The van der Waals surface area contributed by atoms with Crippen molar-refractivity contribution in [3.63, 3.8) is 0 Å². The monoisotopic (exact) mass is 405 g/mol. The smallest absolute Gasteiger partial charge is 0.397 e. The summed E-state index contributed by atoms with van der Waals surface area (Å²) >= 11 is 0. The minimum absolute atomic E-state index is 0.0630. The summed E-state index contributed by atoms with van der Waals surface area (Å²) in [7, 11) is 1.44. The van der Waals surface area contributed by atoms with Crippen LogP contribution in [0.3, 0.4) is 0 Å². The van der Waals surface area contributed by atoms with Crippen molar-refractivity contribution in [1.29, 1.82) is 0 Å². The fraction of sp³-hybridized carbons (Fsp3) is 0.278. The quantitative estimate of drug-likeness (QED) is 0.629. The van der Waals surface area contributed by atoms with Crippen LogP contribution >= 0.6 is 0 Å².